The van der Waals surface area contributed by atoms with Crippen molar-refractivity contribution in [2.75, 3.05) is 20.8 Å². The van der Waals surface area contributed by atoms with Gasteiger partial charge < -0.3 is 20.1 Å². The van der Waals surface area contributed by atoms with Gasteiger partial charge in [-0.25, -0.2) is 4.99 Å². The first-order valence-corrected chi connectivity index (χ1v) is 8.45. The Bertz CT molecular complexity index is 714. The van der Waals surface area contributed by atoms with E-state index in [1.807, 2.05) is 37.3 Å². The third-order valence-corrected chi connectivity index (χ3v) is 3.88. The molecule has 2 aromatic carbocycles. The lowest BCUT2D eigenvalue weighted by Crippen LogP contribution is -2.36. The van der Waals surface area contributed by atoms with Gasteiger partial charge in [0, 0.05) is 18.7 Å². The first-order chi connectivity index (χ1) is 12.2. The van der Waals surface area contributed by atoms with E-state index >= 15 is 0 Å². The summed E-state index contributed by atoms with van der Waals surface area (Å²) in [6.07, 6.45) is 0. The Labute approximate surface area is 150 Å². The van der Waals surface area contributed by atoms with E-state index in [1.165, 1.54) is 0 Å². The van der Waals surface area contributed by atoms with Crippen molar-refractivity contribution in [3.8, 4) is 11.5 Å². The smallest absolute Gasteiger partial charge is 0.191 e. The summed E-state index contributed by atoms with van der Waals surface area (Å²) in [5.74, 6) is 2.53. The lowest BCUT2D eigenvalue weighted by Gasteiger charge is -2.13. The Morgan fingerprint density at radius 2 is 1.76 bits per heavy atom. The van der Waals surface area contributed by atoms with Crippen LogP contribution in [0, 0.1) is 6.92 Å². The lowest BCUT2D eigenvalue weighted by molar-refractivity contribution is 0.409. The van der Waals surface area contributed by atoms with Gasteiger partial charge in [0.05, 0.1) is 20.8 Å². The normalized spacial score (nSPS) is 11.1. The maximum absolute atomic E-state index is 5.39. The van der Waals surface area contributed by atoms with Crippen molar-refractivity contribution >= 4 is 5.96 Å². The number of rotatable bonds is 7. The number of nitrogens with one attached hydrogen (secondary N) is 2. The molecule has 134 valence electrons. The predicted octanol–water partition coefficient (Wildman–Crippen LogP) is 3.27. The molecule has 0 heterocycles. The number of hydrogen-bond acceptors (Lipinski definition) is 3. The van der Waals surface area contributed by atoms with Crippen LogP contribution < -0.4 is 20.1 Å². The molecule has 0 aliphatic heterocycles. The summed E-state index contributed by atoms with van der Waals surface area (Å²) < 4.78 is 10.8. The van der Waals surface area contributed by atoms with Crippen LogP contribution in [0.2, 0.25) is 0 Å². The van der Waals surface area contributed by atoms with Crippen molar-refractivity contribution < 1.29 is 9.47 Å². The number of benzene rings is 2. The molecule has 2 aromatic rings. The van der Waals surface area contributed by atoms with Crippen molar-refractivity contribution in [2.45, 2.75) is 26.9 Å². The number of methoxy groups -OCH3 is 2. The van der Waals surface area contributed by atoms with E-state index in [4.69, 9.17) is 9.47 Å². The second kappa shape index (κ2) is 9.57. The summed E-state index contributed by atoms with van der Waals surface area (Å²) in [6.45, 7) is 6.11. The molecule has 0 unspecified atom stereocenters. The van der Waals surface area contributed by atoms with Gasteiger partial charge in [-0.15, -0.1) is 0 Å². The van der Waals surface area contributed by atoms with Gasteiger partial charge in [0.15, 0.2) is 5.96 Å². The van der Waals surface area contributed by atoms with Gasteiger partial charge >= 0.3 is 0 Å². The Hall–Kier alpha value is -2.69. The fraction of sp³-hybridized carbons (Fsp3) is 0.350. The minimum atomic E-state index is 0.581. The maximum atomic E-state index is 5.39. The number of ether oxygens (including phenoxy) is 2. The molecule has 0 bridgehead atoms. The molecule has 5 heteroatoms. The molecule has 0 aromatic heterocycles. The number of nitrogens with zero attached hydrogens (tertiary/aromatic N) is 1. The van der Waals surface area contributed by atoms with Crippen molar-refractivity contribution in [1.29, 1.82) is 0 Å². The second-order valence-corrected chi connectivity index (χ2v) is 5.66. The molecule has 0 saturated heterocycles. The third-order valence-electron chi connectivity index (χ3n) is 3.88. The monoisotopic (exact) mass is 341 g/mol. The van der Waals surface area contributed by atoms with Crippen molar-refractivity contribution in [1.82, 2.24) is 10.6 Å². The fourth-order valence-corrected chi connectivity index (χ4v) is 2.50. The van der Waals surface area contributed by atoms with E-state index < -0.39 is 0 Å². The summed E-state index contributed by atoms with van der Waals surface area (Å²) in [6, 6.07) is 14.1. The molecule has 5 nitrogen and oxygen atoms in total. The van der Waals surface area contributed by atoms with Crippen molar-refractivity contribution in [2.24, 2.45) is 4.99 Å². The highest BCUT2D eigenvalue weighted by molar-refractivity contribution is 5.79. The minimum Gasteiger partial charge on any atom is -0.496 e. The first kappa shape index (κ1) is 18.6. The number of para-hydroxylation sites is 1. The molecule has 2 rings (SSSR count). The van der Waals surface area contributed by atoms with Gasteiger partial charge in [-0.1, -0.05) is 30.3 Å². The Kier molecular flexibility index (Phi) is 7.14. The van der Waals surface area contributed by atoms with E-state index in [1.54, 1.807) is 14.2 Å². The highest BCUT2D eigenvalue weighted by Gasteiger charge is 2.04. The molecule has 0 radical (unpaired) electrons. The van der Waals surface area contributed by atoms with E-state index in [0.717, 1.165) is 40.7 Å². The van der Waals surface area contributed by atoms with Crippen LogP contribution in [0.3, 0.4) is 0 Å². The lowest BCUT2D eigenvalue weighted by atomic mass is 10.1. The van der Waals surface area contributed by atoms with Crippen molar-refractivity contribution in [3.05, 3.63) is 59.2 Å². The largest absolute Gasteiger partial charge is 0.496 e. The van der Waals surface area contributed by atoms with Crippen LogP contribution in [0.25, 0.3) is 0 Å². The third kappa shape index (κ3) is 5.41. The zero-order valence-corrected chi connectivity index (χ0v) is 15.4. The zero-order valence-electron chi connectivity index (χ0n) is 15.4. The Morgan fingerprint density at radius 3 is 2.48 bits per heavy atom. The predicted molar refractivity (Wildman–Crippen MR) is 102 cm³/mol. The van der Waals surface area contributed by atoms with Crippen LogP contribution in [-0.4, -0.2) is 26.7 Å². The average molecular weight is 341 g/mol. The summed E-state index contributed by atoms with van der Waals surface area (Å²) in [5, 5.41) is 6.62. The Balaban J connectivity index is 2.05. The van der Waals surface area contributed by atoms with Gasteiger partial charge in [-0.2, -0.15) is 0 Å². The van der Waals surface area contributed by atoms with Gasteiger partial charge in [-0.05, 0) is 37.1 Å². The van der Waals surface area contributed by atoms with E-state index in [9.17, 15) is 0 Å². The van der Waals surface area contributed by atoms with Crippen LogP contribution in [0.4, 0.5) is 0 Å². The molecular weight excluding hydrogens is 314 g/mol. The van der Waals surface area contributed by atoms with E-state index in [-0.39, 0.29) is 0 Å². The topological polar surface area (TPSA) is 54.9 Å². The van der Waals surface area contributed by atoms with E-state index in [2.05, 4.69) is 34.7 Å². The highest BCUT2D eigenvalue weighted by Crippen LogP contribution is 2.19. The van der Waals surface area contributed by atoms with Crippen LogP contribution in [0.5, 0.6) is 11.5 Å². The van der Waals surface area contributed by atoms with Gasteiger partial charge in [0.25, 0.3) is 0 Å². The zero-order chi connectivity index (χ0) is 18.1. The van der Waals surface area contributed by atoms with Crippen LogP contribution in [-0.2, 0) is 13.1 Å². The van der Waals surface area contributed by atoms with Gasteiger partial charge in [0.1, 0.15) is 11.5 Å². The molecule has 0 atom stereocenters. The molecule has 0 amide bonds. The summed E-state index contributed by atoms with van der Waals surface area (Å²) >= 11 is 0. The Morgan fingerprint density at radius 1 is 1.00 bits per heavy atom. The van der Waals surface area contributed by atoms with E-state index in [0.29, 0.717) is 13.1 Å². The molecular formula is C20H27N3O2. The fourth-order valence-electron chi connectivity index (χ4n) is 2.50. The molecule has 0 spiro atoms. The van der Waals surface area contributed by atoms with Crippen molar-refractivity contribution in [3.63, 3.8) is 0 Å². The first-order valence-electron chi connectivity index (χ1n) is 8.45. The summed E-state index contributed by atoms with van der Waals surface area (Å²) in [7, 11) is 3.37. The highest BCUT2D eigenvalue weighted by atomic mass is 16.5. The number of hydrogen-bond donors (Lipinski definition) is 2. The average Bonchev–Trinajstić information content (AvgIpc) is 2.65. The molecule has 2 N–H and O–H groups in total. The quantitative estimate of drug-likeness (QED) is 0.599. The summed E-state index contributed by atoms with van der Waals surface area (Å²) in [4.78, 5) is 4.66. The minimum absolute atomic E-state index is 0.581. The molecule has 0 saturated carbocycles. The molecule has 25 heavy (non-hydrogen) atoms. The SMILES string of the molecule is CCNC(=NCc1ccc(C)c(OC)c1)NCc1ccccc1OC. The molecule has 0 aliphatic carbocycles. The maximum Gasteiger partial charge on any atom is 0.191 e. The number of aryl methyl sites for hydroxylation is 1. The number of aliphatic imine (C=N–C) groups is 1. The number of guanidine groups is 1. The standard InChI is InChI=1S/C20H27N3O2/c1-5-21-20(23-14-17-8-6-7-9-18(17)24-3)22-13-16-11-10-15(2)19(12-16)25-4/h6-12H,5,13-14H2,1-4H3,(H2,21,22,23). The van der Waals surface area contributed by atoms with Gasteiger partial charge in [-0.3, -0.25) is 0 Å². The van der Waals surface area contributed by atoms with Crippen LogP contribution >= 0.6 is 0 Å². The van der Waals surface area contributed by atoms with Crippen LogP contribution in [0.15, 0.2) is 47.5 Å². The van der Waals surface area contributed by atoms with Gasteiger partial charge in [0.2, 0.25) is 0 Å². The molecule has 0 fully saturated rings. The molecule has 0 aliphatic rings. The van der Waals surface area contributed by atoms with Crippen LogP contribution in [0.1, 0.15) is 23.6 Å². The second-order valence-electron chi connectivity index (χ2n) is 5.66. The summed E-state index contributed by atoms with van der Waals surface area (Å²) in [5.41, 5.74) is 3.32.